The number of carbonyl (C=O) groups excluding carboxylic acids is 1. The number of nitrogens with zero attached hydrogens (tertiary/aromatic N) is 3. The van der Waals surface area contributed by atoms with E-state index in [1.807, 2.05) is 12.2 Å². The van der Waals surface area contributed by atoms with Crippen molar-refractivity contribution in [2.45, 2.75) is 44.7 Å². The fraction of sp³-hybridized carbons (Fsp3) is 0.750. The van der Waals surface area contributed by atoms with Gasteiger partial charge in [0.2, 0.25) is 0 Å². The van der Waals surface area contributed by atoms with E-state index in [2.05, 4.69) is 14.8 Å². The van der Waals surface area contributed by atoms with Crippen LogP contribution in [0.1, 0.15) is 26.7 Å². The highest BCUT2D eigenvalue weighted by Gasteiger charge is 2.39. The molecule has 2 atom stereocenters. The molecule has 0 aromatic rings. The van der Waals surface area contributed by atoms with Crippen molar-refractivity contribution >= 4 is 5.97 Å². The van der Waals surface area contributed by atoms with Crippen LogP contribution in [0, 0.1) is 0 Å². The predicted molar refractivity (Wildman–Crippen MR) is 68.2 cm³/mol. The van der Waals surface area contributed by atoms with Crippen LogP contribution in [0.25, 0.3) is 10.4 Å². The van der Waals surface area contributed by atoms with E-state index in [1.165, 1.54) is 7.11 Å². The molecule has 7 nitrogen and oxygen atoms in total. The molecule has 0 saturated carbocycles. The van der Waals surface area contributed by atoms with Crippen LogP contribution in [-0.2, 0) is 19.0 Å². The van der Waals surface area contributed by atoms with E-state index >= 15 is 0 Å². The lowest BCUT2D eigenvalue weighted by Gasteiger charge is -2.16. The minimum Gasteiger partial charge on any atom is -0.469 e. The molecule has 0 aromatic carbocycles. The Morgan fingerprint density at radius 3 is 2.89 bits per heavy atom. The van der Waals surface area contributed by atoms with E-state index in [-0.39, 0.29) is 24.7 Å². The summed E-state index contributed by atoms with van der Waals surface area (Å²) in [5.41, 5.74) is 8.34. The number of hydrogen-bond acceptors (Lipinski definition) is 5. The minimum atomic E-state index is -0.701. The molecule has 1 aliphatic rings. The van der Waals surface area contributed by atoms with E-state index in [0.717, 1.165) is 0 Å². The van der Waals surface area contributed by atoms with Gasteiger partial charge in [-0.05, 0) is 25.8 Å². The van der Waals surface area contributed by atoms with E-state index in [0.29, 0.717) is 12.8 Å². The smallest absolute Gasteiger partial charge is 0.305 e. The zero-order valence-corrected chi connectivity index (χ0v) is 11.4. The molecule has 19 heavy (non-hydrogen) atoms. The third-order valence-corrected chi connectivity index (χ3v) is 2.61. The normalized spacial score (nSPS) is 25.2. The van der Waals surface area contributed by atoms with Gasteiger partial charge in [-0.15, -0.1) is 0 Å². The van der Waals surface area contributed by atoms with E-state index in [4.69, 9.17) is 15.0 Å². The lowest BCUT2D eigenvalue weighted by atomic mass is 10.1. The highest BCUT2D eigenvalue weighted by Crippen LogP contribution is 2.29. The molecule has 0 radical (unpaired) electrons. The first kappa shape index (κ1) is 15.5. The summed E-state index contributed by atoms with van der Waals surface area (Å²) in [6.07, 6.45) is 3.98. The molecule has 0 bridgehead atoms. The average molecular weight is 269 g/mol. The van der Waals surface area contributed by atoms with Crippen molar-refractivity contribution in [3.8, 4) is 0 Å². The van der Waals surface area contributed by atoms with Gasteiger partial charge in [0, 0.05) is 11.3 Å². The molecule has 0 aromatic heterocycles. The lowest BCUT2D eigenvalue weighted by Crippen LogP contribution is -2.23. The van der Waals surface area contributed by atoms with Gasteiger partial charge in [0.05, 0.1) is 19.8 Å². The third kappa shape index (κ3) is 5.30. The highest BCUT2D eigenvalue weighted by molar-refractivity contribution is 5.69. The molecule has 0 N–H and O–H groups in total. The Hall–Kier alpha value is -1.56. The molecule has 1 aliphatic heterocycles. The number of allylic oxidation sites excluding steroid dienone is 1. The second-order valence-corrected chi connectivity index (χ2v) is 4.59. The number of azide groups is 1. The van der Waals surface area contributed by atoms with Gasteiger partial charge < -0.3 is 14.2 Å². The predicted octanol–water partition coefficient (Wildman–Crippen LogP) is 2.33. The van der Waals surface area contributed by atoms with Crippen LogP contribution in [-0.4, -0.2) is 37.6 Å². The van der Waals surface area contributed by atoms with Gasteiger partial charge in [-0.25, -0.2) is 0 Å². The number of methoxy groups -OCH3 is 1. The van der Waals surface area contributed by atoms with Crippen molar-refractivity contribution in [1.29, 1.82) is 0 Å². The topological polar surface area (TPSA) is 93.5 Å². The van der Waals surface area contributed by atoms with Gasteiger partial charge in [0.1, 0.15) is 6.10 Å². The average Bonchev–Trinajstić information content (AvgIpc) is 2.66. The Bertz CT molecular complexity index is 388. The van der Waals surface area contributed by atoms with Gasteiger partial charge >= 0.3 is 5.97 Å². The molecule has 2 unspecified atom stereocenters. The molecule has 7 heteroatoms. The fourth-order valence-electron chi connectivity index (χ4n) is 1.82. The quantitative estimate of drug-likeness (QED) is 0.243. The van der Waals surface area contributed by atoms with Crippen LogP contribution >= 0.6 is 0 Å². The van der Waals surface area contributed by atoms with Gasteiger partial charge in [-0.3, -0.25) is 4.79 Å². The Morgan fingerprint density at radius 1 is 1.53 bits per heavy atom. The van der Waals surface area contributed by atoms with Crippen molar-refractivity contribution < 1.29 is 19.0 Å². The molecular formula is C12H19N3O4. The summed E-state index contributed by atoms with van der Waals surface area (Å²) in [7, 11) is 1.36. The Labute approximate surface area is 112 Å². The molecular weight excluding hydrogens is 250 g/mol. The van der Waals surface area contributed by atoms with Crippen LogP contribution in [0.2, 0.25) is 0 Å². The van der Waals surface area contributed by atoms with Crippen LogP contribution in [0.3, 0.4) is 0 Å². The van der Waals surface area contributed by atoms with Gasteiger partial charge in [-0.2, -0.15) is 0 Å². The summed E-state index contributed by atoms with van der Waals surface area (Å²) >= 11 is 0. The number of ether oxygens (including phenoxy) is 3. The fourth-order valence-corrected chi connectivity index (χ4v) is 1.82. The van der Waals surface area contributed by atoms with Crippen molar-refractivity contribution in [2.75, 3.05) is 13.7 Å². The summed E-state index contributed by atoms with van der Waals surface area (Å²) in [6, 6.07) is 0. The van der Waals surface area contributed by atoms with Crippen LogP contribution in [0.5, 0.6) is 0 Å². The monoisotopic (exact) mass is 269 g/mol. The summed E-state index contributed by atoms with van der Waals surface area (Å²) < 4.78 is 15.9. The maximum atomic E-state index is 10.9. The van der Waals surface area contributed by atoms with E-state index in [1.54, 1.807) is 13.8 Å². The minimum absolute atomic E-state index is 0.214. The van der Waals surface area contributed by atoms with Crippen molar-refractivity contribution in [3.05, 3.63) is 22.6 Å². The molecule has 0 amide bonds. The van der Waals surface area contributed by atoms with Crippen LogP contribution in [0.4, 0.5) is 0 Å². The first-order valence-corrected chi connectivity index (χ1v) is 6.08. The van der Waals surface area contributed by atoms with Crippen molar-refractivity contribution in [2.24, 2.45) is 5.11 Å². The Balaban J connectivity index is 2.51. The Kier molecular flexibility index (Phi) is 5.82. The third-order valence-electron chi connectivity index (χ3n) is 2.61. The van der Waals surface area contributed by atoms with Crippen molar-refractivity contribution in [1.82, 2.24) is 0 Å². The summed E-state index contributed by atoms with van der Waals surface area (Å²) in [5.74, 6) is -0.952. The van der Waals surface area contributed by atoms with E-state index < -0.39 is 5.79 Å². The van der Waals surface area contributed by atoms with Gasteiger partial charge in [0.25, 0.3) is 0 Å². The first-order chi connectivity index (χ1) is 8.98. The second-order valence-electron chi connectivity index (χ2n) is 4.59. The zero-order chi connectivity index (χ0) is 14.3. The summed E-state index contributed by atoms with van der Waals surface area (Å²) in [5, 5.41) is 3.51. The number of hydrogen-bond donors (Lipinski definition) is 0. The molecule has 1 fully saturated rings. The van der Waals surface area contributed by atoms with Crippen molar-refractivity contribution in [3.63, 3.8) is 0 Å². The van der Waals surface area contributed by atoms with Crippen LogP contribution < -0.4 is 0 Å². The Morgan fingerprint density at radius 2 is 2.26 bits per heavy atom. The molecule has 1 heterocycles. The maximum Gasteiger partial charge on any atom is 0.305 e. The maximum absolute atomic E-state index is 10.9. The van der Waals surface area contributed by atoms with E-state index in [9.17, 15) is 4.79 Å². The summed E-state index contributed by atoms with van der Waals surface area (Å²) in [6.45, 7) is 3.82. The number of rotatable bonds is 6. The first-order valence-electron chi connectivity index (χ1n) is 6.08. The largest absolute Gasteiger partial charge is 0.469 e. The molecule has 1 rings (SSSR count). The molecule has 0 spiro atoms. The highest BCUT2D eigenvalue weighted by atomic mass is 16.7. The number of esters is 1. The number of carbonyl (C=O) groups is 1. The zero-order valence-electron chi connectivity index (χ0n) is 11.4. The van der Waals surface area contributed by atoms with Gasteiger partial charge in [0.15, 0.2) is 5.79 Å². The van der Waals surface area contributed by atoms with Gasteiger partial charge in [-0.1, -0.05) is 17.3 Å². The molecule has 0 aliphatic carbocycles. The SMILES string of the molecule is COC(=O)CC/C=C\C1OC(C)(C)OC1CN=[N+]=[N-]. The molecule has 106 valence electrons. The van der Waals surface area contributed by atoms with Crippen LogP contribution in [0.15, 0.2) is 17.3 Å². The second kappa shape index (κ2) is 7.13. The summed E-state index contributed by atoms with van der Waals surface area (Å²) in [4.78, 5) is 13.7. The lowest BCUT2D eigenvalue weighted by molar-refractivity contribution is -0.142. The standard InChI is InChI=1S/C12H19N3O4/c1-12(2)18-9(10(19-12)8-14-15-13)6-4-5-7-11(16)17-3/h4,6,9-10H,5,7-8H2,1-3H3/b6-4-. The molecule has 1 saturated heterocycles.